The van der Waals surface area contributed by atoms with Gasteiger partial charge in [0.2, 0.25) is 0 Å². The molecule has 0 heterocycles. The van der Waals surface area contributed by atoms with Crippen molar-refractivity contribution in [3.05, 3.63) is 35.9 Å². The lowest BCUT2D eigenvalue weighted by atomic mass is 10.2. The monoisotopic (exact) mass is 246 g/mol. The van der Waals surface area contributed by atoms with Crippen LogP contribution in [0.1, 0.15) is 5.56 Å². The number of benzene rings is 1. The van der Waals surface area contributed by atoms with E-state index in [1.807, 2.05) is 6.07 Å². The van der Waals surface area contributed by atoms with Crippen LogP contribution in [0.2, 0.25) is 0 Å². The van der Waals surface area contributed by atoms with E-state index in [1.54, 1.807) is 24.3 Å². The fourth-order valence-corrected chi connectivity index (χ4v) is 2.04. The molecule has 1 aromatic carbocycles. The van der Waals surface area contributed by atoms with Crippen molar-refractivity contribution in [3.63, 3.8) is 0 Å². The van der Waals surface area contributed by atoms with Crippen LogP contribution in [0.4, 0.5) is 0 Å². The predicted octanol–water partition coefficient (Wildman–Crippen LogP) is 1.97. The lowest BCUT2D eigenvalue weighted by Crippen LogP contribution is -2.02. The molecule has 1 unspecified atom stereocenters. The summed E-state index contributed by atoms with van der Waals surface area (Å²) >= 11 is 0. The Balaban J connectivity index is 2.37. The van der Waals surface area contributed by atoms with Gasteiger partial charge in [-0.3, -0.25) is 4.57 Å². The van der Waals surface area contributed by atoms with Gasteiger partial charge in [0.05, 0.1) is 12.8 Å². The molecule has 0 aromatic heterocycles. The summed E-state index contributed by atoms with van der Waals surface area (Å²) in [6, 6.07) is 8.92. The maximum absolute atomic E-state index is 11.5. The van der Waals surface area contributed by atoms with Crippen LogP contribution in [0.25, 0.3) is 0 Å². The van der Waals surface area contributed by atoms with Crippen LogP contribution < -0.4 is 0 Å². The highest BCUT2D eigenvalue weighted by Gasteiger charge is 2.21. The predicted molar refractivity (Wildman–Crippen MR) is 58.9 cm³/mol. The lowest BCUT2D eigenvalue weighted by Gasteiger charge is -2.10. The van der Waals surface area contributed by atoms with Crippen LogP contribution in [0.5, 0.6) is 0 Å². The third kappa shape index (κ3) is 5.39. The Bertz CT molecular complexity index is 340. The Labute approximate surface area is 94.4 Å². The van der Waals surface area contributed by atoms with Gasteiger partial charge >= 0.3 is 7.60 Å². The van der Waals surface area contributed by atoms with Crippen LogP contribution in [0.15, 0.2) is 30.3 Å². The minimum Gasteiger partial charge on any atom is -0.382 e. The summed E-state index contributed by atoms with van der Waals surface area (Å²) in [6.45, 7) is 0.432. The van der Waals surface area contributed by atoms with Gasteiger partial charge in [0.1, 0.15) is 6.61 Å². The molecule has 5 nitrogen and oxygen atoms in total. The Kier molecular flexibility index (Phi) is 5.66. The second-order valence-electron chi connectivity index (χ2n) is 3.17. The molecule has 0 amide bonds. The second-order valence-corrected chi connectivity index (χ2v) is 4.91. The largest absolute Gasteiger partial charge is 0.382 e. The Hall–Kier alpha value is -0.710. The first-order valence-electron chi connectivity index (χ1n) is 4.80. The van der Waals surface area contributed by atoms with Gasteiger partial charge in [-0.1, -0.05) is 30.3 Å². The van der Waals surface area contributed by atoms with E-state index < -0.39 is 7.60 Å². The zero-order valence-electron chi connectivity index (χ0n) is 9.04. The quantitative estimate of drug-likeness (QED) is 0.345. The first kappa shape index (κ1) is 13.4. The molecule has 0 saturated heterocycles. The summed E-state index contributed by atoms with van der Waals surface area (Å²) in [6.07, 6.45) is -0.0686. The molecule has 1 rings (SSSR count). The summed E-state index contributed by atoms with van der Waals surface area (Å²) in [5.74, 6) is 0. The SMILES string of the molecule is COCCOOP(=O)(O)Cc1ccccc1. The number of hydrogen-bond acceptors (Lipinski definition) is 4. The van der Waals surface area contributed by atoms with E-state index in [0.717, 1.165) is 5.56 Å². The molecule has 0 aliphatic heterocycles. The zero-order chi connectivity index (χ0) is 11.9. The van der Waals surface area contributed by atoms with Crippen molar-refractivity contribution < 1.29 is 23.8 Å². The van der Waals surface area contributed by atoms with Gasteiger partial charge in [0, 0.05) is 7.11 Å². The summed E-state index contributed by atoms with van der Waals surface area (Å²) in [7, 11) is -2.23. The first-order valence-corrected chi connectivity index (χ1v) is 6.56. The molecule has 1 aromatic rings. The van der Waals surface area contributed by atoms with Gasteiger partial charge in [-0.2, -0.15) is 0 Å². The van der Waals surface area contributed by atoms with E-state index in [4.69, 9.17) is 4.74 Å². The molecule has 0 saturated carbocycles. The smallest absolute Gasteiger partial charge is 0.359 e. The molecule has 6 heteroatoms. The van der Waals surface area contributed by atoms with E-state index >= 15 is 0 Å². The van der Waals surface area contributed by atoms with Crippen LogP contribution in [-0.4, -0.2) is 25.2 Å². The fraction of sp³-hybridized carbons (Fsp3) is 0.400. The zero-order valence-corrected chi connectivity index (χ0v) is 9.93. The minimum atomic E-state index is -3.73. The van der Waals surface area contributed by atoms with Crippen molar-refractivity contribution in [3.8, 4) is 0 Å². The minimum absolute atomic E-state index is 0.0686. The summed E-state index contributed by atoms with van der Waals surface area (Å²) in [4.78, 5) is 14.0. The molecular weight excluding hydrogens is 231 g/mol. The summed E-state index contributed by atoms with van der Waals surface area (Å²) in [5.41, 5.74) is 0.726. The van der Waals surface area contributed by atoms with Crippen molar-refractivity contribution in [2.75, 3.05) is 20.3 Å². The van der Waals surface area contributed by atoms with Crippen molar-refractivity contribution in [1.29, 1.82) is 0 Å². The molecule has 0 spiro atoms. The Morgan fingerprint density at radius 1 is 1.25 bits per heavy atom. The van der Waals surface area contributed by atoms with Crippen LogP contribution in [-0.2, 0) is 25.0 Å². The van der Waals surface area contributed by atoms with Gasteiger partial charge < -0.3 is 9.63 Å². The molecular formula is C10H15O5P. The van der Waals surface area contributed by atoms with Crippen molar-refractivity contribution in [1.82, 2.24) is 0 Å². The average Bonchev–Trinajstić information content (AvgIpc) is 2.25. The molecule has 0 radical (unpaired) electrons. The van der Waals surface area contributed by atoms with Gasteiger partial charge in [0.15, 0.2) is 0 Å². The van der Waals surface area contributed by atoms with Gasteiger partial charge in [-0.15, -0.1) is 4.67 Å². The van der Waals surface area contributed by atoms with Gasteiger partial charge in [-0.25, -0.2) is 4.89 Å². The highest BCUT2D eigenvalue weighted by Crippen LogP contribution is 2.45. The highest BCUT2D eigenvalue weighted by atomic mass is 31.2. The van der Waals surface area contributed by atoms with E-state index in [0.29, 0.717) is 6.61 Å². The summed E-state index contributed by atoms with van der Waals surface area (Å²) < 4.78 is 20.7. The Morgan fingerprint density at radius 2 is 1.94 bits per heavy atom. The van der Waals surface area contributed by atoms with E-state index in [9.17, 15) is 9.46 Å². The second kappa shape index (κ2) is 6.78. The van der Waals surface area contributed by atoms with Crippen LogP contribution >= 0.6 is 7.60 Å². The van der Waals surface area contributed by atoms with Crippen LogP contribution in [0.3, 0.4) is 0 Å². The molecule has 90 valence electrons. The number of methoxy groups -OCH3 is 1. The third-order valence-electron chi connectivity index (χ3n) is 1.77. The van der Waals surface area contributed by atoms with Crippen molar-refractivity contribution in [2.45, 2.75) is 6.16 Å². The summed E-state index contributed by atoms with van der Waals surface area (Å²) in [5, 5.41) is 0. The maximum atomic E-state index is 11.5. The molecule has 0 aliphatic carbocycles. The molecule has 0 aliphatic rings. The molecule has 0 bridgehead atoms. The van der Waals surface area contributed by atoms with Crippen LogP contribution in [0, 0.1) is 0 Å². The van der Waals surface area contributed by atoms with E-state index in [2.05, 4.69) is 9.56 Å². The first-order chi connectivity index (χ1) is 7.64. The molecule has 16 heavy (non-hydrogen) atoms. The fourth-order valence-electron chi connectivity index (χ4n) is 1.08. The standard InChI is InChI=1S/C10H15O5P/c1-13-7-8-14-15-16(11,12)9-10-5-3-2-4-6-10/h2-6H,7-9H2,1H3,(H,11,12). The Morgan fingerprint density at radius 3 is 2.56 bits per heavy atom. The molecule has 1 atom stereocenters. The number of rotatable bonds is 7. The normalized spacial score (nSPS) is 14.6. The average molecular weight is 246 g/mol. The van der Waals surface area contributed by atoms with Crippen molar-refractivity contribution in [2.24, 2.45) is 0 Å². The van der Waals surface area contributed by atoms with E-state index in [1.165, 1.54) is 7.11 Å². The number of hydrogen-bond donors (Lipinski definition) is 1. The molecule has 1 N–H and O–H groups in total. The van der Waals surface area contributed by atoms with E-state index in [-0.39, 0.29) is 12.8 Å². The maximum Gasteiger partial charge on any atom is 0.359 e. The van der Waals surface area contributed by atoms with Gasteiger partial charge in [-0.05, 0) is 5.56 Å². The van der Waals surface area contributed by atoms with Gasteiger partial charge in [0.25, 0.3) is 0 Å². The topological polar surface area (TPSA) is 65.0 Å². The number of ether oxygens (including phenoxy) is 1. The lowest BCUT2D eigenvalue weighted by molar-refractivity contribution is -0.219. The van der Waals surface area contributed by atoms with Crippen molar-refractivity contribution >= 4 is 7.60 Å². The molecule has 0 fully saturated rings. The third-order valence-corrected chi connectivity index (χ3v) is 2.87. The highest BCUT2D eigenvalue weighted by molar-refractivity contribution is 7.51.